The molecule has 17 heavy (non-hydrogen) atoms. The molecule has 0 spiro atoms. The fourth-order valence-corrected chi connectivity index (χ4v) is 1.99. The lowest BCUT2D eigenvalue weighted by Crippen LogP contribution is -2.19. The highest BCUT2D eigenvalue weighted by atomic mass is 19.3. The summed E-state index contributed by atoms with van der Waals surface area (Å²) >= 11 is 0. The second-order valence-corrected chi connectivity index (χ2v) is 3.95. The Labute approximate surface area is 96.8 Å². The minimum Gasteiger partial charge on any atom is -0.478 e. The zero-order chi connectivity index (χ0) is 12.4. The summed E-state index contributed by atoms with van der Waals surface area (Å²) in [4.78, 5) is 10.6. The third kappa shape index (κ3) is 2.43. The summed E-state index contributed by atoms with van der Waals surface area (Å²) in [6.07, 6.45) is -1.72. The summed E-state index contributed by atoms with van der Waals surface area (Å²) in [6, 6.07) is 7.19. The van der Waals surface area contributed by atoms with E-state index in [4.69, 9.17) is 5.11 Å². The molecule has 0 radical (unpaired) electrons. The molecule has 0 bridgehead atoms. The third-order valence-corrected chi connectivity index (χ3v) is 2.78. The van der Waals surface area contributed by atoms with E-state index < -0.39 is 17.6 Å². The lowest BCUT2D eigenvalue weighted by atomic mass is 10.0. The molecule has 1 aromatic rings. The van der Waals surface area contributed by atoms with Crippen molar-refractivity contribution in [1.29, 1.82) is 0 Å². The molecule has 0 amide bonds. The lowest BCUT2D eigenvalue weighted by molar-refractivity contribution is -0.133. The van der Waals surface area contributed by atoms with E-state index in [1.165, 1.54) is 0 Å². The number of carboxylic acids is 1. The smallest absolute Gasteiger partial charge is 0.337 e. The molecule has 1 heterocycles. The number of carboxylic acid groups (broad SMARTS) is 1. The molecule has 2 N–H and O–H groups in total. The van der Waals surface area contributed by atoms with Crippen LogP contribution in [0.2, 0.25) is 0 Å². The first-order valence-electron chi connectivity index (χ1n) is 5.20. The maximum Gasteiger partial charge on any atom is 0.337 e. The predicted molar refractivity (Wildman–Crippen MR) is 59.1 cm³/mol. The minimum atomic E-state index is -2.12. The van der Waals surface area contributed by atoms with Gasteiger partial charge in [-0.25, -0.2) is 4.79 Å². The van der Waals surface area contributed by atoms with Gasteiger partial charge >= 0.3 is 5.97 Å². The van der Waals surface area contributed by atoms with Gasteiger partial charge in [0.1, 0.15) is 5.57 Å². The number of hydrogen-bond donors (Lipinski definition) is 2. The largest absolute Gasteiger partial charge is 0.478 e. The fourth-order valence-electron chi connectivity index (χ4n) is 1.99. The molecule has 1 aromatic carbocycles. The van der Waals surface area contributed by atoms with Crippen molar-refractivity contribution < 1.29 is 18.7 Å². The van der Waals surface area contributed by atoms with Gasteiger partial charge in [0.2, 0.25) is 0 Å². The first-order chi connectivity index (χ1) is 8.08. The number of halogens is 2. The Kier molecular flexibility index (Phi) is 3.08. The fraction of sp³-hybridized carbons (Fsp3) is 0.250. The highest BCUT2D eigenvalue weighted by molar-refractivity contribution is 5.87. The Morgan fingerprint density at radius 3 is 2.71 bits per heavy atom. The van der Waals surface area contributed by atoms with E-state index in [-0.39, 0.29) is 12.5 Å². The highest BCUT2D eigenvalue weighted by Gasteiger charge is 2.25. The predicted octanol–water partition coefficient (Wildman–Crippen LogP) is 2.65. The van der Waals surface area contributed by atoms with Crippen molar-refractivity contribution in [2.24, 2.45) is 0 Å². The summed E-state index contributed by atoms with van der Waals surface area (Å²) < 4.78 is 24.8. The number of para-hydroxylation sites is 1. The van der Waals surface area contributed by atoms with Crippen LogP contribution in [-0.2, 0) is 11.2 Å². The van der Waals surface area contributed by atoms with Crippen molar-refractivity contribution in [3.05, 3.63) is 41.5 Å². The van der Waals surface area contributed by atoms with Gasteiger partial charge < -0.3 is 10.4 Å². The monoisotopic (exact) mass is 239 g/mol. The van der Waals surface area contributed by atoms with Gasteiger partial charge in [-0.15, -0.1) is 0 Å². The van der Waals surface area contributed by atoms with E-state index in [0.29, 0.717) is 6.42 Å². The minimum absolute atomic E-state index is 0.174. The van der Waals surface area contributed by atoms with Crippen LogP contribution in [0.5, 0.6) is 0 Å². The molecule has 0 fully saturated rings. The Bertz CT molecular complexity index is 456. The molecule has 1 unspecified atom stereocenters. The number of rotatable bonds is 3. The van der Waals surface area contributed by atoms with Gasteiger partial charge in [0.05, 0.1) is 0 Å². The second-order valence-electron chi connectivity index (χ2n) is 3.95. The summed E-state index contributed by atoms with van der Waals surface area (Å²) in [5.74, 6) is -1.55. The molecule has 0 saturated heterocycles. The van der Waals surface area contributed by atoms with E-state index in [0.717, 1.165) is 11.3 Å². The van der Waals surface area contributed by atoms with Crippen molar-refractivity contribution >= 4 is 11.7 Å². The first-order valence-corrected chi connectivity index (χ1v) is 5.20. The number of fused-ring (bicyclic) bond motifs is 1. The standard InChI is InChI=1S/C12H11F2NO2/c13-11(14)9(12(16)17)6-8-5-7-3-1-2-4-10(7)15-8/h1-4,8,15H,5-6H2,(H,16,17). The van der Waals surface area contributed by atoms with E-state index >= 15 is 0 Å². The molecule has 1 atom stereocenters. The van der Waals surface area contributed by atoms with Crippen molar-refractivity contribution in [2.45, 2.75) is 18.9 Å². The number of aliphatic carboxylic acids is 1. The van der Waals surface area contributed by atoms with Crippen molar-refractivity contribution in [3.63, 3.8) is 0 Å². The molecule has 3 nitrogen and oxygen atoms in total. The van der Waals surface area contributed by atoms with Crippen LogP contribution in [0.25, 0.3) is 0 Å². The van der Waals surface area contributed by atoms with Crippen LogP contribution in [0.1, 0.15) is 12.0 Å². The van der Waals surface area contributed by atoms with E-state index in [1.54, 1.807) is 0 Å². The molecule has 2 rings (SSSR count). The van der Waals surface area contributed by atoms with Crippen LogP contribution >= 0.6 is 0 Å². The number of hydrogen-bond acceptors (Lipinski definition) is 2. The average molecular weight is 239 g/mol. The molecule has 0 aliphatic carbocycles. The van der Waals surface area contributed by atoms with Crippen molar-refractivity contribution in [1.82, 2.24) is 0 Å². The Balaban J connectivity index is 2.10. The normalized spacial score (nSPS) is 17.2. The van der Waals surface area contributed by atoms with Gasteiger partial charge in [0.25, 0.3) is 6.08 Å². The number of benzene rings is 1. The van der Waals surface area contributed by atoms with E-state index in [9.17, 15) is 13.6 Å². The van der Waals surface area contributed by atoms with Crippen LogP contribution in [-0.4, -0.2) is 17.1 Å². The molecule has 0 saturated carbocycles. The van der Waals surface area contributed by atoms with Crippen molar-refractivity contribution in [3.8, 4) is 0 Å². The van der Waals surface area contributed by atoms with Crippen LogP contribution < -0.4 is 5.32 Å². The van der Waals surface area contributed by atoms with Gasteiger partial charge in [-0.2, -0.15) is 8.78 Å². The van der Waals surface area contributed by atoms with Gasteiger partial charge in [-0.3, -0.25) is 0 Å². The quantitative estimate of drug-likeness (QED) is 0.797. The molecule has 5 heteroatoms. The molecular weight excluding hydrogens is 228 g/mol. The SMILES string of the molecule is O=C(O)C(CC1Cc2ccccc2N1)=C(F)F. The van der Waals surface area contributed by atoms with Gasteiger partial charge in [-0.1, -0.05) is 18.2 Å². The highest BCUT2D eigenvalue weighted by Crippen LogP contribution is 2.29. The Morgan fingerprint density at radius 2 is 2.12 bits per heavy atom. The van der Waals surface area contributed by atoms with Gasteiger partial charge in [0.15, 0.2) is 0 Å². The molecule has 1 aliphatic heterocycles. The second kappa shape index (κ2) is 4.53. The van der Waals surface area contributed by atoms with Crippen molar-refractivity contribution in [2.75, 3.05) is 5.32 Å². The Morgan fingerprint density at radius 1 is 1.41 bits per heavy atom. The summed E-state index contributed by atoms with van der Waals surface area (Å²) in [5, 5.41) is 11.7. The molecule has 1 aliphatic rings. The van der Waals surface area contributed by atoms with Crippen LogP contribution in [0.3, 0.4) is 0 Å². The number of carbonyl (C=O) groups is 1. The first kappa shape index (κ1) is 11.6. The molecule has 90 valence electrons. The maximum atomic E-state index is 12.4. The average Bonchev–Trinajstić information content (AvgIpc) is 2.67. The third-order valence-electron chi connectivity index (χ3n) is 2.78. The van der Waals surface area contributed by atoms with E-state index in [1.807, 2.05) is 24.3 Å². The lowest BCUT2D eigenvalue weighted by Gasteiger charge is -2.10. The van der Waals surface area contributed by atoms with Crippen LogP contribution in [0.15, 0.2) is 35.9 Å². The molecular formula is C12H11F2NO2. The zero-order valence-corrected chi connectivity index (χ0v) is 8.91. The summed E-state index contributed by atoms with van der Waals surface area (Å²) in [6.45, 7) is 0. The van der Waals surface area contributed by atoms with Crippen LogP contribution in [0, 0.1) is 0 Å². The van der Waals surface area contributed by atoms with Gasteiger partial charge in [0, 0.05) is 18.2 Å². The topological polar surface area (TPSA) is 49.3 Å². The molecule has 0 aromatic heterocycles. The Hall–Kier alpha value is -1.91. The number of nitrogens with one attached hydrogen (secondary N) is 1. The summed E-state index contributed by atoms with van der Waals surface area (Å²) in [7, 11) is 0. The van der Waals surface area contributed by atoms with Gasteiger partial charge in [-0.05, 0) is 18.1 Å². The zero-order valence-electron chi connectivity index (χ0n) is 8.91. The summed E-state index contributed by atoms with van der Waals surface area (Å²) in [5.41, 5.74) is 1.11. The van der Waals surface area contributed by atoms with Crippen LogP contribution in [0.4, 0.5) is 14.5 Å². The maximum absolute atomic E-state index is 12.4. The number of anilines is 1. The van der Waals surface area contributed by atoms with E-state index in [2.05, 4.69) is 5.32 Å².